The number of benzene rings is 1. The maximum absolute atomic E-state index is 11.8. The van der Waals surface area contributed by atoms with E-state index in [0.29, 0.717) is 11.2 Å². The molecule has 2 aromatic heterocycles. The van der Waals surface area contributed by atoms with Crippen molar-refractivity contribution in [1.29, 1.82) is 0 Å². The monoisotopic (exact) mass is 287 g/mol. The molecule has 0 amide bonds. The lowest BCUT2D eigenvalue weighted by Gasteiger charge is -2.01. The summed E-state index contributed by atoms with van der Waals surface area (Å²) in [6.45, 7) is 0.0836. The average molecular weight is 287 g/mol. The molecule has 2 heterocycles. The lowest BCUT2D eigenvalue weighted by Crippen LogP contribution is -2.16. The third-order valence-electron chi connectivity index (χ3n) is 2.91. The first-order valence-electron chi connectivity index (χ1n) is 5.89. The number of hydrogen-bond donors (Lipinski definition) is 1. The Labute approximate surface area is 116 Å². The Morgan fingerprint density at radius 3 is 2.81 bits per heavy atom. The maximum atomic E-state index is 11.8. The van der Waals surface area contributed by atoms with Crippen LogP contribution in [0, 0.1) is 10.1 Å². The van der Waals surface area contributed by atoms with Gasteiger partial charge in [0.1, 0.15) is 5.82 Å². The Morgan fingerprint density at radius 1 is 1.33 bits per heavy atom. The summed E-state index contributed by atoms with van der Waals surface area (Å²) in [5.74, 6) is -0.358. The van der Waals surface area contributed by atoms with Crippen LogP contribution in [0.2, 0.25) is 0 Å². The van der Waals surface area contributed by atoms with Gasteiger partial charge in [-0.3, -0.25) is 19.7 Å². The number of nitro benzene ring substituents is 1. The molecule has 21 heavy (non-hydrogen) atoms. The Morgan fingerprint density at radius 2 is 2.14 bits per heavy atom. The SMILES string of the molecule is Nc1cnc(Cn2c(=O)oc3ccc([N+](=O)[O-])cc32)cn1. The molecule has 106 valence electrons. The van der Waals surface area contributed by atoms with Crippen LogP contribution >= 0.6 is 0 Å². The molecule has 0 atom stereocenters. The molecule has 3 aromatic rings. The van der Waals surface area contributed by atoms with E-state index in [0.717, 1.165) is 0 Å². The quantitative estimate of drug-likeness (QED) is 0.559. The highest BCUT2D eigenvalue weighted by molar-refractivity contribution is 5.76. The molecule has 3 rings (SSSR count). The predicted molar refractivity (Wildman–Crippen MR) is 72.7 cm³/mol. The fourth-order valence-corrected chi connectivity index (χ4v) is 1.92. The van der Waals surface area contributed by atoms with Crippen LogP contribution in [0.5, 0.6) is 0 Å². The maximum Gasteiger partial charge on any atom is 0.420 e. The summed E-state index contributed by atoms with van der Waals surface area (Å²) >= 11 is 0. The second kappa shape index (κ2) is 4.71. The van der Waals surface area contributed by atoms with Gasteiger partial charge in [-0.25, -0.2) is 9.78 Å². The van der Waals surface area contributed by atoms with Crippen LogP contribution in [-0.2, 0) is 6.54 Å². The number of nitrogen functional groups attached to an aromatic ring is 1. The summed E-state index contributed by atoms with van der Waals surface area (Å²) in [4.78, 5) is 30.0. The minimum atomic E-state index is -0.621. The zero-order valence-electron chi connectivity index (χ0n) is 10.6. The van der Waals surface area contributed by atoms with Crippen LogP contribution in [0.3, 0.4) is 0 Å². The van der Waals surface area contributed by atoms with Crippen molar-refractivity contribution in [1.82, 2.24) is 14.5 Å². The normalized spacial score (nSPS) is 10.9. The van der Waals surface area contributed by atoms with Gasteiger partial charge in [0, 0.05) is 12.1 Å². The Balaban J connectivity index is 2.10. The first-order valence-corrected chi connectivity index (χ1v) is 5.89. The van der Waals surface area contributed by atoms with Crippen LogP contribution < -0.4 is 11.5 Å². The van der Waals surface area contributed by atoms with Gasteiger partial charge in [-0.15, -0.1) is 0 Å². The second-order valence-corrected chi connectivity index (χ2v) is 4.30. The van der Waals surface area contributed by atoms with E-state index in [1.54, 1.807) is 0 Å². The van der Waals surface area contributed by atoms with E-state index >= 15 is 0 Å². The lowest BCUT2D eigenvalue weighted by atomic mass is 10.3. The number of oxazole rings is 1. The molecule has 0 aliphatic rings. The zero-order valence-corrected chi connectivity index (χ0v) is 10.6. The lowest BCUT2D eigenvalue weighted by molar-refractivity contribution is -0.384. The molecule has 0 saturated heterocycles. The third kappa shape index (κ3) is 2.31. The van der Waals surface area contributed by atoms with E-state index in [1.807, 2.05) is 0 Å². The van der Waals surface area contributed by atoms with Crippen molar-refractivity contribution in [2.45, 2.75) is 6.54 Å². The van der Waals surface area contributed by atoms with E-state index < -0.39 is 10.7 Å². The van der Waals surface area contributed by atoms with Crippen molar-refractivity contribution < 1.29 is 9.34 Å². The molecule has 0 aliphatic heterocycles. The van der Waals surface area contributed by atoms with Crippen LogP contribution in [0.4, 0.5) is 11.5 Å². The van der Waals surface area contributed by atoms with Crippen molar-refractivity contribution in [2.75, 3.05) is 5.73 Å². The Kier molecular flexibility index (Phi) is 2.87. The van der Waals surface area contributed by atoms with Gasteiger partial charge in [0.05, 0.1) is 35.1 Å². The van der Waals surface area contributed by atoms with E-state index in [1.165, 1.54) is 35.2 Å². The zero-order chi connectivity index (χ0) is 15.0. The molecule has 0 unspecified atom stereocenters. The van der Waals surface area contributed by atoms with Crippen LogP contribution in [0.1, 0.15) is 5.69 Å². The van der Waals surface area contributed by atoms with Gasteiger partial charge in [-0.2, -0.15) is 0 Å². The number of nitrogens with two attached hydrogens (primary N) is 1. The molecule has 0 radical (unpaired) electrons. The summed E-state index contributed by atoms with van der Waals surface area (Å²) in [6, 6.07) is 3.95. The van der Waals surface area contributed by atoms with E-state index in [-0.39, 0.29) is 23.6 Å². The highest BCUT2D eigenvalue weighted by atomic mass is 16.6. The van der Waals surface area contributed by atoms with Crippen molar-refractivity contribution in [3.63, 3.8) is 0 Å². The first-order chi connectivity index (χ1) is 10.0. The number of nitro groups is 1. The van der Waals surface area contributed by atoms with Gasteiger partial charge in [-0.05, 0) is 6.07 Å². The summed E-state index contributed by atoms with van der Waals surface area (Å²) in [5, 5.41) is 10.8. The number of fused-ring (bicyclic) bond motifs is 1. The van der Waals surface area contributed by atoms with Gasteiger partial charge in [0.2, 0.25) is 0 Å². The molecule has 9 nitrogen and oxygen atoms in total. The molecule has 0 saturated carbocycles. The van der Waals surface area contributed by atoms with Gasteiger partial charge < -0.3 is 10.2 Å². The molecule has 0 fully saturated rings. The predicted octanol–water partition coefficient (Wildman–Crippen LogP) is 0.923. The van der Waals surface area contributed by atoms with Gasteiger partial charge >= 0.3 is 5.76 Å². The first kappa shape index (κ1) is 12.8. The molecule has 0 spiro atoms. The summed E-state index contributed by atoms with van der Waals surface area (Å²) in [7, 11) is 0. The van der Waals surface area contributed by atoms with Crippen molar-refractivity contribution >= 4 is 22.6 Å². The number of hydrogen-bond acceptors (Lipinski definition) is 7. The second-order valence-electron chi connectivity index (χ2n) is 4.30. The highest BCUT2D eigenvalue weighted by Crippen LogP contribution is 2.20. The van der Waals surface area contributed by atoms with Crippen LogP contribution in [0.25, 0.3) is 11.1 Å². The minimum absolute atomic E-state index is 0.0836. The third-order valence-corrected chi connectivity index (χ3v) is 2.91. The Hall–Kier alpha value is -3.23. The molecular weight excluding hydrogens is 278 g/mol. The average Bonchev–Trinajstić information content (AvgIpc) is 2.77. The summed E-state index contributed by atoms with van der Waals surface area (Å²) in [6.07, 6.45) is 2.79. The molecular formula is C12H9N5O4. The molecule has 9 heteroatoms. The number of nitrogens with zero attached hydrogens (tertiary/aromatic N) is 4. The molecule has 0 bridgehead atoms. The summed E-state index contributed by atoms with van der Waals surface area (Å²) in [5.41, 5.74) is 6.40. The van der Waals surface area contributed by atoms with Crippen LogP contribution in [-0.4, -0.2) is 19.5 Å². The smallest absolute Gasteiger partial charge is 0.408 e. The molecule has 2 N–H and O–H groups in total. The van der Waals surface area contributed by atoms with E-state index in [2.05, 4.69) is 9.97 Å². The van der Waals surface area contributed by atoms with Gasteiger partial charge in [0.15, 0.2) is 5.58 Å². The minimum Gasteiger partial charge on any atom is -0.408 e. The van der Waals surface area contributed by atoms with E-state index in [4.69, 9.17) is 10.2 Å². The highest BCUT2D eigenvalue weighted by Gasteiger charge is 2.14. The number of aromatic nitrogens is 3. The molecule has 0 aliphatic carbocycles. The topological polar surface area (TPSA) is 130 Å². The Bertz CT molecular complexity index is 881. The number of non-ortho nitro benzene ring substituents is 1. The molecule has 1 aromatic carbocycles. The van der Waals surface area contributed by atoms with Gasteiger partial charge in [0.25, 0.3) is 5.69 Å². The van der Waals surface area contributed by atoms with Crippen molar-refractivity contribution in [3.05, 3.63) is 57.0 Å². The standard InChI is InChI=1S/C12H9N5O4/c13-11-5-14-7(4-15-11)6-16-9-3-8(17(19)20)1-2-10(9)21-12(16)18/h1-5H,6H2,(H2,13,15). The van der Waals surface area contributed by atoms with E-state index in [9.17, 15) is 14.9 Å². The fourth-order valence-electron chi connectivity index (χ4n) is 1.92. The van der Waals surface area contributed by atoms with Crippen LogP contribution in [0.15, 0.2) is 39.8 Å². The number of anilines is 1. The number of rotatable bonds is 3. The fraction of sp³-hybridized carbons (Fsp3) is 0.0833. The largest absolute Gasteiger partial charge is 0.420 e. The van der Waals surface area contributed by atoms with Crippen molar-refractivity contribution in [2.24, 2.45) is 0 Å². The van der Waals surface area contributed by atoms with Crippen molar-refractivity contribution in [3.8, 4) is 0 Å². The summed E-state index contributed by atoms with van der Waals surface area (Å²) < 4.78 is 6.29. The van der Waals surface area contributed by atoms with Gasteiger partial charge in [-0.1, -0.05) is 0 Å².